The van der Waals surface area contributed by atoms with Crippen LogP contribution < -0.4 is 4.90 Å². The molecule has 0 saturated carbocycles. The molecule has 1 aliphatic rings. The molecule has 2 aromatic rings. The lowest BCUT2D eigenvalue weighted by atomic mass is 10.1. The summed E-state index contributed by atoms with van der Waals surface area (Å²) in [7, 11) is 0. The Bertz CT molecular complexity index is 731. The lowest BCUT2D eigenvalue weighted by molar-refractivity contribution is 0.100. The van der Waals surface area contributed by atoms with Gasteiger partial charge < -0.3 is 4.90 Å². The van der Waals surface area contributed by atoms with Gasteiger partial charge in [0.1, 0.15) is 0 Å². The summed E-state index contributed by atoms with van der Waals surface area (Å²) < 4.78 is 0. The van der Waals surface area contributed by atoms with Crippen LogP contribution in [0.3, 0.4) is 0 Å². The number of hydrogen-bond donors (Lipinski definition) is 0. The van der Waals surface area contributed by atoms with E-state index in [0.717, 1.165) is 23.0 Å². The second-order valence-corrected chi connectivity index (χ2v) is 7.06. The Balaban J connectivity index is 1.85. The normalized spacial score (nSPS) is 16.8. The van der Waals surface area contributed by atoms with Crippen LogP contribution >= 0.6 is 23.4 Å². The number of ketones is 1. The van der Waals surface area contributed by atoms with Gasteiger partial charge in [0, 0.05) is 22.0 Å². The third kappa shape index (κ3) is 4.00. The first-order chi connectivity index (χ1) is 11.7. The van der Waals surface area contributed by atoms with E-state index in [1.165, 1.54) is 0 Å². The van der Waals surface area contributed by atoms with Crippen molar-refractivity contribution in [2.45, 2.75) is 19.4 Å². The summed E-state index contributed by atoms with van der Waals surface area (Å²) in [5.41, 5.74) is 1.65. The molecule has 3 rings (SSSR count). The van der Waals surface area contributed by atoms with E-state index in [2.05, 4.69) is 6.92 Å². The van der Waals surface area contributed by atoms with E-state index in [4.69, 9.17) is 16.6 Å². The van der Waals surface area contributed by atoms with Gasteiger partial charge in [-0.25, -0.2) is 0 Å². The molecule has 0 fully saturated rings. The predicted molar refractivity (Wildman–Crippen MR) is 104 cm³/mol. The molecule has 24 heavy (non-hydrogen) atoms. The maximum Gasteiger partial charge on any atom is 0.182 e. The van der Waals surface area contributed by atoms with E-state index in [9.17, 15) is 4.79 Å². The van der Waals surface area contributed by atoms with Crippen molar-refractivity contribution in [3.8, 4) is 0 Å². The van der Waals surface area contributed by atoms with Gasteiger partial charge in [0.15, 0.2) is 11.0 Å². The summed E-state index contributed by atoms with van der Waals surface area (Å²) in [5, 5.41) is 1.56. The van der Waals surface area contributed by atoms with Gasteiger partial charge >= 0.3 is 0 Å². The number of amidine groups is 1. The largest absolute Gasteiger partial charge is 0.313 e. The number of thioether (sulfide) groups is 1. The number of rotatable bonds is 5. The predicted octanol–water partition coefficient (Wildman–Crippen LogP) is 4.91. The number of aliphatic imine (C=N–C) groups is 1. The van der Waals surface area contributed by atoms with Crippen molar-refractivity contribution in [1.82, 2.24) is 0 Å². The van der Waals surface area contributed by atoms with Crippen molar-refractivity contribution in [2.24, 2.45) is 4.99 Å². The summed E-state index contributed by atoms with van der Waals surface area (Å²) in [6.07, 6.45) is 1.02. The molecular weight excluding hydrogens is 340 g/mol. The first-order valence-corrected chi connectivity index (χ1v) is 9.35. The molecule has 0 amide bonds. The molecule has 0 saturated heterocycles. The van der Waals surface area contributed by atoms with E-state index in [0.29, 0.717) is 16.6 Å². The molecule has 5 heteroatoms. The van der Waals surface area contributed by atoms with Crippen LogP contribution in [-0.4, -0.2) is 29.3 Å². The number of Topliss-reactive ketones (excluding diaryl/α,β-unsaturated/α-hetero) is 1. The van der Waals surface area contributed by atoms with Crippen LogP contribution in [-0.2, 0) is 0 Å². The minimum atomic E-state index is 0.0544. The fraction of sp³-hybridized carbons (Fsp3) is 0.263. The average molecular weight is 359 g/mol. The zero-order chi connectivity index (χ0) is 16.9. The molecule has 0 radical (unpaired) electrons. The third-order valence-corrected chi connectivity index (χ3v) is 5.32. The molecule has 0 bridgehead atoms. The van der Waals surface area contributed by atoms with Crippen LogP contribution in [0.2, 0.25) is 5.02 Å². The molecule has 124 valence electrons. The fourth-order valence-corrected chi connectivity index (χ4v) is 3.83. The lowest BCUT2D eigenvalue weighted by Gasteiger charge is -2.23. The Morgan fingerprint density at radius 3 is 2.54 bits per heavy atom. The first kappa shape index (κ1) is 17.1. The quantitative estimate of drug-likeness (QED) is 0.712. The van der Waals surface area contributed by atoms with Crippen LogP contribution in [0.4, 0.5) is 5.69 Å². The molecule has 1 heterocycles. The van der Waals surface area contributed by atoms with Crippen molar-refractivity contribution in [3.05, 3.63) is 65.2 Å². The molecule has 1 atom stereocenters. The molecule has 0 unspecified atom stereocenters. The number of hydrogen-bond acceptors (Lipinski definition) is 4. The van der Waals surface area contributed by atoms with Crippen molar-refractivity contribution >= 4 is 40.0 Å². The highest BCUT2D eigenvalue weighted by atomic mass is 35.5. The Morgan fingerprint density at radius 1 is 1.21 bits per heavy atom. The third-order valence-electron chi connectivity index (χ3n) is 3.94. The smallest absolute Gasteiger partial charge is 0.182 e. The van der Waals surface area contributed by atoms with Crippen molar-refractivity contribution < 1.29 is 4.79 Å². The maximum absolute atomic E-state index is 12.7. The molecular formula is C19H19ClN2OS. The SMILES string of the molecule is CC[C@H]1CSC(N(CC(=O)c2ccc(Cl)cc2)c2ccccc2)=N1. The van der Waals surface area contributed by atoms with Crippen LogP contribution in [0.5, 0.6) is 0 Å². The van der Waals surface area contributed by atoms with Gasteiger partial charge in [0.25, 0.3) is 0 Å². The molecule has 0 spiro atoms. The summed E-state index contributed by atoms with van der Waals surface area (Å²) in [5.74, 6) is 1.03. The number of carbonyl (C=O) groups is 1. The molecule has 0 aromatic heterocycles. The Kier molecular flexibility index (Phi) is 5.59. The maximum atomic E-state index is 12.7. The molecule has 1 aliphatic heterocycles. The molecule has 3 nitrogen and oxygen atoms in total. The first-order valence-electron chi connectivity index (χ1n) is 7.99. The van der Waals surface area contributed by atoms with Gasteiger partial charge in [0.05, 0.1) is 12.6 Å². The summed E-state index contributed by atoms with van der Waals surface area (Å²) >= 11 is 7.63. The fourth-order valence-electron chi connectivity index (χ4n) is 2.51. The van der Waals surface area contributed by atoms with Gasteiger partial charge in [0.2, 0.25) is 0 Å². The zero-order valence-electron chi connectivity index (χ0n) is 13.5. The van der Waals surface area contributed by atoms with Gasteiger partial charge in [-0.1, -0.05) is 48.5 Å². The highest BCUT2D eigenvalue weighted by Gasteiger charge is 2.24. The highest BCUT2D eigenvalue weighted by molar-refractivity contribution is 8.14. The van der Waals surface area contributed by atoms with Crippen molar-refractivity contribution in [3.63, 3.8) is 0 Å². The van der Waals surface area contributed by atoms with E-state index < -0.39 is 0 Å². The zero-order valence-corrected chi connectivity index (χ0v) is 15.1. The van der Waals surface area contributed by atoms with Crippen LogP contribution in [0.15, 0.2) is 59.6 Å². The van der Waals surface area contributed by atoms with E-state index in [-0.39, 0.29) is 12.3 Å². The standard InChI is InChI=1S/C19H19ClN2OS/c1-2-16-13-24-19(21-16)22(17-6-4-3-5-7-17)12-18(23)14-8-10-15(20)11-9-14/h3-11,16H,2,12-13H2,1H3/t16-/m0/s1. The monoisotopic (exact) mass is 358 g/mol. The number of para-hydroxylation sites is 1. The van der Waals surface area contributed by atoms with Crippen LogP contribution in [0.25, 0.3) is 0 Å². The van der Waals surface area contributed by atoms with Crippen LogP contribution in [0, 0.1) is 0 Å². The highest BCUT2D eigenvalue weighted by Crippen LogP contribution is 2.27. The number of nitrogens with zero attached hydrogens (tertiary/aromatic N) is 2. The van der Waals surface area contributed by atoms with Gasteiger partial charge in [-0.05, 0) is 42.8 Å². The summed E-state index contributed by atoms with van der Waals surface area (Å²) in [4.78, 5) is 19.5. The number of benzene rings is 2. The Morgan fingerprint density at radius 2 is 1.92 bits per heavy atom. The van der Waals surface area contributed by atoms with Gasteiger partial charge in [-0.2, -0.15) is 0 Å². The van der Waals surface area contributed by atoms with Crippen molar-refractivity contribution in [1.29, 1.82) is 0 Å². The number of anilines is 1. The Hall–Kier alpha value is -1.78. The van der Waals surface area contributed by atoms with E-state index in [1.54, 1.807) is 36.0 Å². The van der Waals surface area contributed by atoms with E-state index >= 15 is 0 Å². The number of halogens is 1. The molecule has 0 aliphatic carbocycles. The lowest BCUT2D eigenvalue weighted by Crippen LogP contribution is -2.33. The van der Waals surface area contributed by atoms with Gasteiger partial charge in [-0.3, -0.25) is 9.79 Å². The molecule has 0 N–H and O–H groups in total. The number of carbonyl (C=O) groups excluding carboxylic acids is 1. The van der Waals surface area contributed by atoms with Crippen molar-refractivity contribution in [2.75, 3.05) is 17.2 Å². The second-order valence-electron chi connectivity index (χ2n) is 5.64. The Labute approximate surface area is 151 Å². The average Bonchev–Trinajstić information content (AvgIpc) is 3.09. The second kappa shape index (κ2) is 7.86. The van der Waals surface area contributed by atoms with Gasteiger partial charge in [-0.15, -0.1) is 0 Å². The van der Waals surface area contributed by atoms with Crippen LogP contribution in [0.1, 0.15) is 23.7 Å². The topological polar surface area (TPSA) is 32.7 Å². The van der Waals surface area contributed by atoms with E-state index in [1.807, 2.05) is 35.2 Å². The summed E-state index contributed by atoms with van der Waals surface area (Å²) in [6.45, 7) is 2.41. The minimum absolute atomic E-state index is 0.0544. The summed E-state index contributed by atoms with van der Waals surface area (Å²) in [6, 6.07) is 17.3. The molecule has 2 aromatic carbocycles. The minimum Gasteiger partial charge on any atom is -0.313 e.